The molecule has 3 N–H and O–H groups in total. The Morgan fingerprint density at radius 1 is 1.31 bits per heavy atom. The van der Waals surface area contributed by atoms with Crippen molar-refractivity contribution in [3.8, 4) is 11.5 Å². The first kappa shape index (κ1) is 15.0. The lowest BCUT2D eigenvalue weighted by molar-refractivity contribution is 0.181. The molecule has 16 heavy (non-hydrogen) atoms. The fourth-order valence-electron chi connectivity index (χ4n) is 1.25. The molecule has 0 bridgehead atoms. The van der Waals surface area contributed by atoms with Crippen LogP contribution in [0.3, 0.4) is 0 Å². The highest BCUT2D eigenvalue weighted by Gasteiger charge is 2.16. The van der Waals surface area contributed by atoms with E-state index in [9.17, 15) is 9.50 Å². The minimum absolute atomic E-state index is 0. The predicted molar refractivity (Wildman–Crippen MR) is 60.8 cm³/mol. The number of hydrogen-bond donors (Lipinski definition) is 2. The minimum atomic E-state index is -1.04. The van der Waals surface area contributed by atoms with Crippen LogP contribution in [-0.2, 0) is 0 Å². The summed E-state index contributed by atoms with van der Waals surface area (Å²) in [4.78, 5) is 0. The lowest BCUT2D eigenvalue weighted by atomic mass is 10.1. The molecule has 0 fully saturated rings. The molecule has 6 heteroatoms. The molecule has 0 aliphatic heterocycles. The standard InChI is InChI=1S/C10H14FNO3.ClH/c1-14-9-3-6(8(13)5-12)7(11)4-10(9)15-2;/h3-4,8,13H,5,12H2,1-2H3;1H. The van der Waals surface area contributed by atoms with Gasteiger partial charge in [0.05, 0.1) is 20.3 Å². The minimum Gasteiger partial charge on any atom is -0.493 e. The summed E-state index contributed by atoms with van der Waals surface area (Å²) < 4.78 is 23.3. The van der Waals surface area contributed by atoms with Crippen molar-refractivity contribution in [3.63, 3.8) is 0 Å². The third-order valence-corrected chi connectivity index (χ3v) is 2.09. The van der Waals surface area contributed by atoms with Crippen molar-refractivity contribution >= 4 is 12.4 Å². The lowest BCUT2D eigenvalue weighted by Gasteiger charge is -2.13. The van der Waals surface area contributed by atoms with E-state index >= 15 is 0 Å². The lowest BCUT2D eigenvalue weighted by Crippen LogP contribution is -2.13. The Bertz CT molecular complexity index is 349. The first-order valence-electron chi connectivity index (χ1n) is 4.43. The molecule has 0 saturated heterocycles. The Morgan fingerprint density at radius 3 is 2.25 bits per heavy atom. The number of methoxy groups -OCH3 is 2. The zero-order chi connectivity index (χ0) is 11.4. The number of aliphatic hydroxyl groups is 1. The Kier molecular flexibility index (Phi) is 6.10. The second-order valence-electron chi connectivity index (χ2n) is 2.98. The predicted octanol–water partition coefficient (Wildman–Crippen LogP) is 1.26. The molecule has 0 aromatic heterocycles. The molecule has 4 nitrogen and oxygen atoms in total. The van der Waals surface area contributed by atoms with Crippen molar-refractivity contribution in [2.24, 2.45) is 5.73 Å². The Balaban J connectivity index is 0.00000225. The first-order chi connectivity index (χ1) is 7.13. The largest absolute Gasteiger partial charge is 0.493 e. The Labute approximate surface area is 99.6 Å². The highest BCUT2D eigenvalue weighted by molar-refractivity contribution is 5.85. The molecule has 1 rings (SSSR count). The van der Waals surface area contributed by atoms with Crippen molar-refractivity contribution < 1.29 is 19.0 Å². The van der Waals surface area contributed by atoms with Crippen LogP contribution in [0.5, 0.6) is 11.5 Å². The molecule has 1 unspecified atom stereocenters. The van der Waals surface area contributed by atoms with E-state index in [4.69, 9.17) is 15.2 Å². The summed E-state index contributed by atoms with van der Waals surface area (Å²) >= 11 is 0. The molecule has 1 atom stereocenters. The van der Waals surface area contributed by atoms with Crippen LogP contribution in [0.25, 0.3) is 0 Å². The number of rotatable bonds is 4. The van der Waals surface area contributed by atoms with Crippen LogP contribution >= 0.6 is 12.4 Å². The SMILES string of the molecule is COc1cc(F)c(C(O)CN)cc1OC.Cl. The number of halogens is 2. The summed E-state index contributed by atoms with van der Waals surface area (Å²) in [5.41, 5.74) is 5.35. The summed E-state index contributed by atoms with van der Waals surface area (Å²) in [5.74, 6) is 0.0787. The molecule has 0 aliphatic rings. The third kappa shape index (κ3) is 2.98. The number of aliphatic hydroxyl groups excluding tert-OH is 1. The molecular formula is C10H15ClFNO3. The van der Waals surface area contributed by atoms with Gasteiger partial charge in [-0.2, -0.15) is 0 Å². The van der Waals surface area contributed by atoms with Gasteiger partial charge >= 0.3 is 0 Å². The van der Waals surface area contributed by atoms with E-state index in [0.29, 0.717) is 5.75 Å². The van der Waals surface area contributed by atoms with Gasteiger partial charge in [-0.25, -0.2) is 4.39 Å². The normalized spacial score (nSPS) is 11.6. The van der Waals surface area contributed by atoms with Gasteiger partial charge in [0, 0.05) is 18.2 Å². The molecule has 0 spiro atoms. The maximum Gasteiger partial charge on any atom is 0.163 e. The molecule has 0 amide bonds. The van der Waals surface area contributed by atoms with Crippen molar-refractivity contribution in [2.45, 2.75) is 6.10 Å². The van der Waals surface area contributed by atoms with Gasteiger partial charge in [-0.15, -0.1) is 12.4 Å². The number of nitrogens with two attached hydrogens (primary N) is 1. The summed E-state index contributed by atoms with van der Waals surface area (Å²) in [7, 11) is 2.85. The highest BCUT2D eigenvalue weighted by atomic mass is 35.5. The van der Waals surface area contributed by atoms with Crippen LogP contribution in [0.2, 0.25) is 0 Å². The average molecular weight is 252 g/mol. The van der Waals surface area contributed by atoms with Gasteiger partial charge in [-0.05, 0) is 6.07 Å². The fourth-order valence-corrected chi connectivity index (χ4v) is 1.25. The van der Waals surface area contributed by atoms with Crippen molar-refractivity contribution in [3.05, 3.63) is 23.5 Å². The molecule has 0 heterocycles. The van der Waals surface area contributed by atoms with Gasteiger partial charge in [-0.3, -0.25) is 0 Å². The van der Waals surface area contributed by atoms with Gasteiger partial charge in [-0.1, -0.05) is 0 Å². The smallest absolute Gasteiger partial charge is 0.163 e. The molecule has 92 valence electrons. The van der Waals surface area contributed by atoms with Crippen LogP contribution < -0.4 is 15.2 Å². The molecule has 1 aromatic carbocycles. The zero-order valence-corrected chi connectivity index (χ0v) is 9.88. The average Bonchev–Trinajstić information content (AvgIpc) is 2.27. The number of ether oxygens (including phenoxy) is 2. The quantitative estimate of drug-likeness (QED) is 0.846. The van der Waals surface area contributed by atoms with Crippen molar-refractivity contribution in [1.82, 2.24) is 0 Å². The van der Waals surface area contributed by atoms with Crippen LogP contribution in [0.15, 0.2) is 12.1 Å². The van der Waals surface area contributed by atoms with Crippen molar-refractivity contribution in [1.29, 1.82) is 0 Å². The van der Waals surface area contributed by atoms with Gasteiger partial charge in [0.25, 0.3) is 0 Å². The second-order valence-corrected chi connectivity index (χ2v) is 2.98. The summed E-state index contributed by atoms with van der Waals surface area (Å²) in [6.45, 7) is -0.0492. The van der Waals surface area contributed by atoms with E-state index in [0.717, 1.165) is 6.07 Å². The van der Waals surface area contributed by atoms with Crippen LogP contribution in [0.1, 0.15) is 11.7 Å². The maximum atomic E-state index is 13.4. The second kappa shape index (κ2) is 6.52. The van der Waals surface area contributed by atoms with Gasteiger partial charge in [0.1, 0.15) is 5.82 Å². The van der Waals surface area contributed by atoms with Crippen LogP contribution in [0, 0.1) is 5.82 Å². The van der Waals surface area contributed by atoms with Gasteiger partial charge in [0.2, 0.25) is 0 Å². The molecule has 0 aliphatic carbocycles. The topological polar surface area (TPSA) is 64.7 Å². The fraction of sp³-hybridized carbons (Fsp3) is 0.400. The van der Waals surface area contributed by atoms with Crippen LogP contribution in [0.4, 0.5) is 4.39 Å². The maximum absolute atomic E-state index is 13.4. The van der Waals surface area contributed by atoms with Gasteiger partial charge in [0.15, 0.2) is 11.5 Å². The molecular weight excluding hydrogens is 237 g/mol. The van der Waals surface area contributed by atoms with E-state index in [-0.39, 0.29) is 30.3 Å². The van der Waals surface area contributed by atoms with E-state index in [1.807, 2.05) is 0 Å². The Morgan fingerprint density at radius 2 is 1.81 bits per heavy atom. The van der Waals surface area contributed by atoms with E-state index in [1.165, 1.54) is 20.3 Å². The molecule has 0 radical (unpaired) electrons. The highest BCUT2D eigenvalue weighted by Crippen LogP contribution is 2.32. The number of benzene rings is 1. The summed E-state index contributed by atoms with van der Waals surface area (Å²) in [5, 5.41) is 9.43. The van der Waals surface area contributed by atoms with Crippen LogP contribution in [-0.4, -0.2) is 25.9 Å². The van der Waals surface area contributed by atoms with E-state index < -0.39 is 11.9 Å². The van der Waals surface area contributed by atoms with E-state index in [2.05, 4.69) is 0 Å². The molecule has 1 aromatic rings. The summed E-state index contributed by atoms with van der Waals surface area (Å²) in [6.07, 6.45) is -1.04. The third-order valence-electron chi connectivity index (χ3n) is 2.09. The molecule has 0 saturated carbocycles. The van der Waals surface area contributed by atoms with E-state index in [1.54, 1.807) is 0 Å². The summed E-state index contributed by atoms with van der Waals surface area (Å²) in [6, 6.07) is 2.54. The van der Waals surface area contributed by atoms with Gasteiger partial charge < -0.3 is 20.3 Å². The number of hydrogen-bond acceptors (Lipinski definition) is 4. The first-order valence-corrected chi connectivity index (χ1v) is 4.43. The zero-order valence-electron chi connectivity index (χ0n) is 9.07. The van der Waals surface area contributed by atoms with Crippen molar-refractivity contribution in [2.75, 3.05) is 20.8 Å². The monoisotopic (exact) mass is 251 g/mol. The Hall–Kier alpha value is -1.04.